The molecule has 0 aliphatic rings. The van der Waals surface area contributed by atoms with Crippen LogP contribution in [0.1, 0.15) is 76.8 Å². The van der Waals surface area contributed by atoms with Crippen molar-refractivity contribution < 1.29 is 14.6 Å². The Morgan fingerprint density at radius 2 is 1.72 bits per heavy atom. The number of nitrogens with two attached hydrogens (primary N) is 2. The number of benzene rings is 2. The van der Waals surface area contributed by atoms with E-state index in [0.29, 0.717) is 58.9 Å². The lowest BCUT2D eigenvalue weighted by Crippen LogP contribution is -2.39. The lowest BCUT2D eigenvalue weighted by Gasteiger charge is -2.31. The number of anilines is 3. The number of aliphatic hydroxyl groups excluding tert-OH is 1. The fourth-order valence-corrected chi connectivity index (χ4v) is 5.46. The van der Waals surface area contributed by atoms with Gasteiger partial charge in [-0.2, -0.15) is 0 Å². The highest BCUT2D eigenvalue weighted by molar-refractivity contribution is 6.09. The number of aryl methyl sites for hydroxylation is 1. The number of aromatic nitrogens is 2. The highest BCUT2D eigenvalue weighted by Gasteiger charge is 2.32. The number of pyridine rings is 2. The zero-order chi connectivity index (χ0) is 31.3. The summed E-state index contributed by atoms with van der Waals surface area (Å²) in [5.74, 6) is 0.538. The third-order valence-corrected chi connectivity index (χ3v) is 7.53. The van der Waals surface area contributed by atoms with Gasteiger partial charge in [-0.25, -0.2) is 9.78 Å². The van der Waals surface area contributed by atoms with Gasteiger partial charge >= 0.3 is 6.03 Å². The number of hydrogen-bond donors (Lipinski definition) is 3. The van der Waals surface area contributed by atoms with Crippen LogP contribution in [0.3, 0.4) is 0 Å². The quantitative estimate of drug-likeness (QED) is 0.125. The smallest absolute Gasteiger partial charge is 0.324 e. The second-order valence-corrected chi connectivity index (χ2v) is 11.4. The number of fused-ring (bicyclic) bond motifs is 1. The minimum absolute atomic E-state index is 0.0155. The molecular weight excluding hydrogens is 542 g/mol. The van der Waals surface area contributed by atoms with E-state index in [9.17, 15) is 14.7 Å². The molecule has 2 amide bonds. The summed E-state index contributed by atoms with van der Waals surface area (Å²) in [6, 6.07) is 14.1. The minimum Gasteiger partial charge on any atom is -0.493 e. The average Bonchev–Trinajstić information content (AvgIpc) is 2.97. The molecule has 5 N–H and O–H groups in total. The molecule has 0 aliphatic carbocycles. The van der Waals surface area contributed by atoms with E-state index in [-0.39, 0.29) is 29.7 Å². The van der Waals surface area contributed by atoms with Crippen molar-refractivity contribution in [3.8, 4) is 16.9 Å². The second kappa shape index (κ2) is 13.7. The highest BCUT2D eigenvalue weighted by Crippen LogP contribution is 2.44. The molecule has 0 radical (unpaired) electrons. The van der Waals surface area contributed by atoms with Crippen molar-refractivity contribution in [1.29, 1.82) is 0 Å². The van der Waals surface area contributed by atoms with Crippen molar-refractivity contribution in [2.75, 3.05) is 23.8 Å². The first-order valence-corrected chi connectivity index (χ1v) is 15.0. The summed E-state index contributed by atoms with van der Waals surface area (Å²) in [6.07, 6.45) is 3.78. The van der Waals surface area contributed by atoms with Crippen molar-refractivity contribution in [2.45, 2.75) is 72.3 Å². The van der Waals surface area contributed by atoms with Crippen LogP contribution in [-0.4, -0.2) is 33.9 Å². The van der Waals surface area contributed by atoms with Gasteiger partial charge in [0, 0.05) is 42.4 Å². The molecule has 0 fully saturated rings. The average molecular weight is 586 g/mol. The van der Waals surface area contributed by atoms with Gasteiger partial charge in [0.15, 0.2) is 0 Å². The Bertz CT molecular complexity index is 1630. The van der Waals surface area contributed by atoms with Crippen LogP contribution in [0.25, 0.3) is 22.2 Å². The summed E-state index contributed by atoms with van der Waals surface area (Å²) in [7, 11) is 0. The molecule has 9 heteroatoms. The number of carbonyl (C=O) groups excluding carboxylic acids is 1. The van der Waals surface area contributed by atoms with Crippen molar-refractivity contribution in [3.05, 3.63) is 76.2 Å². The molecule has 0 unspecified atom stereocenters. The van der Waals surface area contributed by atoms with Gasteiger partial charge in [0.05, 0.1) is 12.3 Å². The maximum Gasteiger partial charge on any atom is 0.324 e. The Morgan fingerprint density at radius 1 is 1.02 bits per heavy atom. The van der Waals surface area contributed by atoms with Crippen molar-refractivity contribution in [2.24, 2.45) is 5.73 Å². The number of amides is 2. The molecule has 2 aromatic heterocycles. The molecule has 4 aromatic rings. The molecule has 2 heterocycles. The fraction of sp³-hybridized carbons (Fsp3) is 0.382. The Balaban J connectivity index is 2.18. The van der Waals surface area contributed by atoms with Gasteiger partial charge in [-0.15, -0.1) is 0 Å². The maximum absolute atomic E-state index is 14.7. The molecule has 2 aromatic carbocycles. The maximum atomic E-state index is 14.7. The summed E-state index contributed by atoms with van der Waals surface area (Å²) in [5, 5.41) is 9.94. The minimum atomic E-state index is -0.771. The number of rotatable bonds is 12. The van der Waals surface area contributed by atoms with E-state index in [4.69, 9.17) is 16.2 Å². The van der Waals surface area contributed by atoms with E-state index in [1.807, 2.05) is 76.2 Å². The van der Waals surface area contributed by atoms with Crippen molar-refractivity contribution in [1.82, 2.24) is 9.55 Å². The van der Waals surface area contributed by atoms with E-state index in [2.05, 4.69) is 11.9 Å². The summed E-state index contributed by atoms with van der Waals surface area (Å²) >= 11 is 0. The Labute approximate surface area is 253 Å². The van der Waals surface area contributed by atoms with Crippen LogP contribution in [0.15, 0.2) is 59.5 Å². The van der Waals surface area contributed by atoms with Crippen LogP contribution in [0.5, 0.6) is 5.75 Å². The predicted octanol–water partition coefficient (Wildman–Crippen LogP) is 6.67. The zero-order valence-corrected chi connectivity index (χ0v) is 25.8. The third kappa shape index (κ3) is 6.51. The fourth-order valence-electron chi connectivity index (χ4n) is 5.46. The number of unbranched alkanes of at least 4 members (excludes halogenated alkanes) is 1. The first-order chi connectivity index (χ1) is 20.6. The predicted molar refractivity (Wildman–Crippen MR) is 174 cm³/mol. The third-order valence-electron chi connectivity index (χ3n) is 7.53. The largest absolute Gasteiger partial charge is 0.493 e. The van der Waals surface area contributed by atoms with Crippen LogP contribution in [0.2, 0.25) is 0 Å². The van der Waals surface area contributed by atoms with Crippen LogP contribution in [0.4, 0.5) is 21.9 Å². The number of urea groups is 1. The number of hydrogen-bond acceptors (Lipinski definition) is 6. The molecule has 43 heavy (non-hydrogen) atoms. The summed E-state index contributed by atoms with van der Waals surface area (Å²) in [6.45, 7) is 11.0. The molecule has 0 atom stereocenters. The van der Waals surface area contributed by atoms with E-state index in [0.717, 1.165) is 24.0 Å². The zero-order valence-electron chi connectivity index (χ0n) is 25.8. The Hall–Kier alpha value is -4.37. The standard InChI is InChI=1S/C34H43N5O4/c1-6-7-15-38-32-26(13-9-14-37-32)29(23-11-8-12-25(18-23)43-17-10-16-40)31(33(38)41)39(34(36)42)30-27(21(2)3)19-24(35)20-28(30)22(4)5/h8-9,11-14,18-22,40H,6-7,10,15-17,35H2,1-5H3,(H2,36,42). The first kappa shape index (κ1) is 31.6. The van der Waals surface area contributed by atoms with Gasteiger partial charge in [-0.1, -0.05) is 53.2 Å². The summed E-state index contributed by atoms with van der Waals surface area (Å²) in [4.78, 5) is 34.4. The number of ether oxygens (including phenoxy) is 1. The lowest BCUT2D eigenvalue weighted by atomic mass is 9.90. The topological polar surface area (TPSA) is 137 Å². The molecule has 228 valence electrons. The van der Waals surface area contributed by atoms with Gasteiger partial charge < -0.3 is 21.3 Å². The Morgan fingerprint density at radius 3 is 2.33 bits per heavy atom. The molecular formula is C34H43N5O4. The number of nitrogen functional groups attached to an aromatic ring is 1. The number of carbonyl (C=O) groups is 1. The lowest BCUT2D eigenvalue weighted by molar-refractivity contribution is 0.233. The van der Waals surface area contributed by atoms with Crippen LogP contribution < -0.4 is 26.7 Å². The van der Waals surface area contributed by atoms with Crippen LogP contribution in [0, 0.1) is 0 Å². The summed E-state index contributed by atoms with van der Waals surface area (Å²) < 4.78 is 7.55. The van der Waals surface area contributed by atoms with Crippen LogP contribution in [-0.2, 0) is 6.54 Å². The van der Waals surface area contributed by atoms with E-state index >= 15 is 0 Å². The van der Waals surface area contributed by atoms with E-state index in [1.54, 1.807) is 10.8 Å². The van der Waals surface area contributed by atoms with E-state index < -0.39 is 6.03 Å². The molecule has 9 nitrogen and oxygen atoms in total. The molecule has 0 saturated heterocycles. The Kier molecular flexibility index (Phi) is 10.1. The van der Waals surface area contributed by atoms with Gasteiger partial charge in [0.25, 0.3) is 5.56 Å². The summed E-state index contributed by atoms with van der Waals surface area (Å²) in [5.41, 5.74) is 16.9. The number of primary amides is 1. The molecule has 0 saturated carbocycles. The number of nitrogens with zero attached hydrogens (tertiary/aromatic N) is 3. The monoisotopic (exact) mass is 585 g/mol. The molecule has 0 spiro atoms. The van der Waals surface area contributed by atoms with E-state index in [1.165, 1.54) is 4.90 Å². The molecule has 4 rings (SSSR count). The van der Waals surface area contributed by atoms with Crippen molar-refractivity contribution >= 4 is 34.1 Å². The van der Waals surface area contributed by atoms with Crippen LogP contribution >= 0.6 is 0 Å². The number of aliphatic hydroxyl groups is 1. The molecule has 0 bridgehead atoms. The van der Waals surface area contributed by atoms with Crippen molar-refractivity contribution in [3.63, 3.8) is 0 Å². The van der Waals surface area contributed by atoms with Gasteiger partial charge in [0.1, 0.15) is 17.1 Å². The molecule has 0 aliphatic heterocycles. The highest BCUT2D eigenvalue weighted by atomic mass is 16.5. The van der Waals surface area contributed by atoms with Gasteiger partial charge in [-0.05, 0) is 71.3 Å². The first-order valence-electron chi connectivity index (χ1n) is 15.0. The SMILES string of the molecule is CCCCn1c(=O)c(N(C(N)=O)c2c(C(C)C)cc(N)cc2C(C)C)c(-c2cccc(OCCCO)c2)c2cccnc21. The normalized spacial score (nSPS) is 11.4. The van der Waals surface area contributed by atoms with Gasteiger partial charge in [-0.3, -0.25) is 14.3 Å². The second-order valence-electron chi connectivity index (χ2n) is 11.4. The van der Waals surface area contributed by atoms with Gasteiger partial charge in [0.2, 0.25) is 0 Å².